The molecule has 0 aliphatic carbocycles. The van der Waals surface area contributed by atoms with Crippen molar-refractivity contribution >= 4 is 23.4 Å². The summed E-state index contributed by atoms with van der Waals surface area (Å²) in [4.78, 5) is 23.3. The summed E-state index contributed by atoms with van der Waals surface area (Å²) < 4.78 is 6.36. The molecule has 1 unspecified atom stereocenters. The van der Waals surface area contributed by atoms with Gasteiger partial charge in [0.15, 0.2) is 5.69 Å². The highest BCUT2D eigenvalue weighted by Crippen LogP contribution is 2.43. The number of hydrogen-bond acceptors (Lipinski definition) is 7. The predicted molar refractivity (Wildman–Crippen MR) is 121 cm³/mol. The number of nitrogens with zero attached hydrogens (tertiary/aromatic N) is 5. The van der Waals surface area contributed by atoms with Gasteiger partial charge in [0, 0.05) is 36.2 Å². The lowest BCUT2D eigenvalue weighted by Gasteiger charge is -2.29. The van der Waals surface area contributed by atoms with Gasteiger partial charge in [0.25, 0.3) is 0 Å². The Morgan fingerprint density at radius 1 is 1.23 bits per heavy atom. The molecular weight excluding hydrogens is 410 g/mol. The second kappa shape index (κ2) is 9.43. The number of thioether (sulfide) groups is 1. The number of unbranched alkanes of at least 4 members (excludes halogenated alkanes) is 1. The van der Waals surface area contributed by atoms with E-state index in [2.05, 4.69) is 34.0 Å². The Balaban J connectivity index is 1.88. The minimum Gasteiger partial charge on any atom is -0.447 e. The van der Waals surface area contributed by atoms with E-state index in [4.69, 9.17) is 4.74 Å². The third-order valence-electron chi connectivity index (χ3n) is 5.11. The van der Waals surface area contributed by atoms with Crippen molar-refractivity contribution in [2.24, 2.45) is 0 Å². The van der Waals surface area contributed by atoms with Gasteiger partial charge in [0.05, 0.1) is 5.69 Å². The molecule has 8 heteroatoms. The molecule has 0 saturated heterocycles. The summed E-state index contributed by atoms with van der Waals surface area (Å²) >= 11 is 1.56. The zero-order valence-electron chi connectivity index (χ0n) is 17.9. The van der Waals surface area contributed by atoms with Crippen molar-refractivity contribution in [1.82, 2.24) is 20.2 Å². The quantitative estimate of drug-likeness (QED) is 0.405. The molecule has 3 aromatic rings. The second-order valence-corrected chi connectivity index (χ2v) is 8.36. The molecule has 4 rings (SSSR count). The fraction of sp³-hybridized carbons (Fsp3) is 0.348. The van der Waals surface area contributed by atoms with Gasteiger partial charge in [0.2, 0.25) is 23.2 Å². The first kappa shape index (κ1) is 21.2. The van der Waals surface area contributed by atoms with E-state index in [-0.39, 0.29) is 5.91 Å². The summed E-state index contributed by atoms with van der Waals surface area (Å²) in [5, 5.41) is 9.39. The van der Waals surface area contributed by atoms with E-state index in [1.807, 2.05) is 30.3 Å². The zero-order valence-corrected chi connectivity index (χ0v) is 18.7. The van der Waals surface area contributed by atoms with Gasteiger partial charge in [-0.15, -0.1) is 10.2 Å². The van der Waals surface area contributed by atoms with E-state index >= 15 is 0 Å². The number of carbonyl (C=O) groups is 1. The highest BCUT2D eigenvalue weighted by molar-refractivity contribution is 7.99. The van der Waals surface area contributed by atoms with Crippen molar-refractivity contribution in [3.05, 3.63) is 53.9 Å². The van der Waals surface area contributed by atoms with Crippen LogP contribution in [0.15, 0.2) is 47.9 Å². The molecule has 0 fully saturated rings. The van der Waals surface area contributed by atoms with Gasteiger partial charge in [0.1, 0.15) is 0 Å². The third-order valence-corrected chi connectivity index (χ3v) is 6.04. The first-order valence-corrected chi connectivity index (χ1v) is 11.5. The molecule has 0 spiro atoms. The summed E-state index contributed by atoms with van der Waals surface area (Å²) in [5.41, 5.74) is 3.95. The minimum absolute atomic E-state index is 0.141. The van der Waals surface area contributed by atoms with E-state index in [0.717, 1.165) is 47.4 Å². The molecule has 0 bridgehead atoms. The molecule has 1 aliphatic rings. The number of pyridine rings is 1. The number of aryl methyl sites for hydroxylation is 1. The van der Waals surface area contributed by atoms with Gasteiger partial charge in [-0.25, -0.2) is 0 Å². The van der Waals surface area contributed by atoms with E-state index in [1.54, 1.807) is 29.1 Å². The van der Waals surface area contributed by atoms with Crippen LogP contribution in [0.5, 0.6) is 5.88 Å². The van der Waals surface area contributed by atoms with Crippen LogP contribution in [0.4, 0.5) is 5.69 Å². The number of fused-ring (bicyclic) bond motifs is 3. The Morgan fingerprint density at radius 3 is 2.81 bits per heavy atom. The average molecular weight is 436 g/mol. The van der Waals surface area contributed by atoms with Crippen LogP contribution in [0, 0.1) is 0 Å². The Hall–Kier alpha value is -3.00. The molecular formula is C23H25N5O2S. The summed E-state index contributed by atoms with van der Waals surface area (Å²) in [6, 6.07) is 9.73. The fourth-order valence-corrected chi connectivity index (χ4v) is 4.34. The lowest BCUT2D eigenvalue weighted by atomic mass is 10.0. The maximum atomic E-state index is 12.8. The first-order chi connectivity index (χ1) is 15.1. The standard InChI is InChI=1S/C23H25N5O2S/c1-4-6-12-31-23-25-21-20(26-27-23)18-13-16(5-2)9-10-19(18)28(15(3)29)22(30-21)17-8-7-11-24-14-17/h7-11,13-14,22H,4-6,12H2,1-3H3. The predicted octanol–water partition coefficient (Wildman–Crippen LogP) is 4.83. The van der Waals surface area contributed by atoms with Crippen LogP contribution in [0.1, 0.15) is 51.0 Å². The van der Waals surface area contributed by atoms with Crippen LogP contribution in [0.3, 0.4) is 0 Å². The molecule has 2 aromatic heterocycles. The molecule has 0 radical (unpaired) electrons. The van der Waals surface area contributed by atoms with E-state index in [9.17, 15) is 4.79 Å². The Bertz CT molecular complexity index is 1080. The number of carbonyl (C=O) groups excluding carboxylic acids is 1. The molecule has 31 heavy (non-hydrogen) atoms. The lowest BCUT2D eigenvalue weighted by Crippen LogP contribution is -2.36. The normalized spacial score (nSPS) is 14.9. The molecule has 1 aliphatic heterocycles. The fourth-order valence-electron chi connectivity index (χ4n) is 3.48. The van der Waals surface area contributed by atoms with E-state index in [1.165, 1.54) is 6.92 Å². The van der Waals surface area contributed by atoms with Crippen molar-refractivity contribution in [1.29, 1.82) is 0 Å². The molecule has 160 valence electrons. The highest BCUT2D eigenvalue weighted by atomic mass is 32.2. The van der Waals surface area contributed by atoms with Crippen LogP contribution in [0.2, 0.25) is 0 Å². The maximum Gasteiger partial charge on any atom is 0.247 e. The van der Waals surface area contributed by atoms with Gasteiger partial charge in [-0.3, -0.25) is 14.7 Å². The van der Waals surface area contributed by atoms with Crippen LogP contribution in [-0.4, -0.2) is 31.8 Å². The SMILES string of the molecule is CCCCSc1nnc2c(n1)OC(c1cccnc1)N(C(C)=O)c1ccc(CC)cc1-2. The molecule has 1 aromatic carbocycles. The van der Waals surface area contributed by atoms with Crippen LogP contribution >= 0.6 is 11.8 Å². The largest absolute Gasteiger partial charge is 0.447 e. The minimum atomic E-state index is -0.705. The molecule has 3 heterocycles. The lowest BCUT2D eigenvalue weighted by molar-refractivity contribution is -0.118. The van der Waals surface area contributed by atoms with Crippen molar-refractivity contribution in [3.63, 3.8) is 0 Å². The van der Waals surface area contributed by atoms with Gasteiger partial charge in [-0.2, -0.15) is 4.98 Å². The molecule has 0 saturated carbocycles. The number of rotatable bonds is 6. The summed E-state index contributed by atoms with van der Waals surface area (Å²) in [6.45, 7) is 5.77. The van der Waals surface area contributed by atoms with Gasteiger partial charge >= 0.3 is 0 Å². The monoisotopic (exact) mass is 435 g/mol. The van der Waals surface area contributed by atoms with Crippen molar-refractivity contribution in [2.45, 2.75) is 51.4 Å². The van der Waals surface area contributed by atoms with E-state index in [0.29, 0.717) is 16.7 Å². The Morgan fingerprint density at radius 2 is 2.10 bits per heavy atom. The smallest absolute Gasteiger partial charge is 0.247 e. The molecule has 0 N–H and O–H groups in total. The van der Waals surface area contributed by atoms with Crippen molar-refractivity contribution < 1.29 is 9.53 Å². The van der Waals surface area contributed by atoms with Crippen LogP contribution in [-0.2, 0) is 11.2 Å². The second-order valence-electron chi connectivity index (χ2n) is 7.30. The summed E-state index contributed by atoms with van der Waals surface area (Å²) in [5.74, 6) is 1.15. The van der Waals surface area contributed by atoms with Crippen molar-refractivity contribution in [3.8, 4) is 17.1 Å². The molecule has 1 amide bonds. The number of anilines is 1. The molecule has 7 nitrogen and oxygen atoms in total. The van der Waals surface area contributed by atoms with Gasteiger partial charge < -0.3 is 4.74 Å². The topological polar surface area (TPSA) is 81.1 Å². The number of aromatic nitrogens is 4. The zero-order chi connectivity index (χ0) is 21.8. The van der Waals surface area contributed by atoms with Crippen molar-refractivity contribution in [2.75, 3.05) is 10.7 Å². The van der Waals surface area contributed by atoms with E-state index < -0.39 is 6.23 Å². The number of benzene rings is 1. The highest BCUT2D eigenvalue weighted by Gasteiger charge is 2.34. The van der Waals surface area contributed by atoms with Crippen LogP contribution in [0.25, 0.3) is 11.3 Å². The first-order valence-electron chi connectivity index (χ1n) is 10.5. The maximum absolute atomic E-state index is 12.8. The average Bonchev–Trinajstić information content (AvgIpc) is 2.93. The summed E-state index contributed by atoms with van der Waals surface area (Å²) in [6.07, 6.45) is 5.74. The van der Waals surface area contributed by atoms with Crippen LogP contribution < -0.4 is 9.64 Å². The third kappa shape index (κ3) is 4.39. The number of ether oxygens (including phenoxy) is 1. The Kier molecular flexibility index (Phi) is 6.46. The summed E-state index contributed by atoms with van der Waals surface area (Å²) in [7, 11) is 0. The Labute approximate surface area is 186 Å². The van der Waals surface area contributed by atoms with Gasteiger partial charge in [-0.05, 0) is 36.6 Å². The number of amides is 1. The molecule has 1 atom stereocenters. The number of hydrogen-bond donors (Lipinski definition) is 0. The van der Waals surface area contributed by atoms with Gasteiger partial charge in [-0.1, -0.05) is 44.2 Å².